The van der Waals surface area contributed by atoms with E-state index < -0.39 is 0 Å². The fraction of sp³-hybridized carbons (Fsp3) is 0.667. The quantitative estimate of drug-likeness (QED) is 0.708. The molecule has 0 aromatic heterocycles. The van der Waals surface area contributed by atoms with Crippen LogP contribution < -0.4 is 5.32 Å². The lowest BCUT2D eigenvalue weighted by Gasteiger charge is -2.56. The van der Waals surface area contributed by atoms with Crippen LogP contribution in [0, 0.1) is 23.7 Å². The highest BCUT2D eigenvalue weighted by Gasteiger charge is 2.51. The van der Waals surface area contributed by atoms with Gasteiger partial charge in [-0.05, 0) is 67.8 Å². The van der Waals surface area contributed by atoms with Gasteiger partial charge in [0.2, 0.25) is 0 Å². The lowest BCUT2D eigenvalue weighted by atomic mass is 9.53. The molecule has 0 spiro atoms. The Hall–Kier alpha value is -1.84. The van der Waals surface area contributed by atoms with Gasteiger partial charge in [-0.3, -0.25) is 9.59 Å². The summed E-state index contributed by atoms with van der Waals surface area (Å²) >= 11 is 0. The molecule has 4 saturated carbocycles. The summed E-state index contributed by atoms with van der Waals surface area (Å²) in [5.41, 5.74) is 0.927. The summed E-state index contributed by atoms with van der Waals surface area (Å²) in [7, 11) is 0. The second-order valence-electron chi connectivity index (χ2n) is 9.63. The van der Waals surface area contributed by atoms with Crippen LogP contribution in [0.15, 0.2) is 30.3 Å². The molecule has 28 heavy (non-hydrogen) atoms. The fourth-order valence-electron chi connectivity index (χ4n) is 6.42. The summed E-state index contributed by atoms with van der Waals surface area (Å²) in [6, 6.07) is 9.76. The standard InChI is InChI=1S/C24H33NO3/c1-3-16(2)22(20-7-5-4-6-8-20)23(27)28-15-21(26)25-24-12-17-9-18(13-24)11-19(10-17)14-24/h4-8,16-19,22H,3,9-15H2,1-2H3,(H,25,26). The van der Waals surface area contributed by atoms with E-state index in [-0.39, 0.29) is 35.9 Å². The first kappa shape index (κ1) is 19.5. The van der Waals surface area contributed by atoms with Gasteiger partial charge in [0.25, 0.3) is 5.91 Å². The van der Waals surface area contributed by atoms with Crippen LogP contribution in [-0.4, -0.2) is 24.0 Å². The molecular formula is C24H33NO3. The maximum atomic E-state index is 12.8. The molecule has 0 aliphatic heterocycles. The Bertz CT molecular complexity index is 679. The van der Waals surface area contributed by atoms with E-state index in [0.717, 1.165) is 49.0 Å². The number of hydrogen-bond donors (Lipinski definition) is 1. The van der Waals surface area contributed by atoms with Crippen molar-refractivity contribution in [2.24, 2.45) is 23.7 Å². The summed E-state index contributed by atoms with van der Waals surface area (Å²) < 4.78 is 5.51. The maximum Gasteiger partial charge on any atom is 0.314 e. The molecule has 4 heteroatoms. The predicted octanol–water partition coefficient (Wildman–Crippen LogP) is 4.44. The molecule has 4 aliphatic rings. The molecule has 1 aromatic rings. The molecule has 0 saturated heterocycles. The van der Waals surface area contributed by atoms with Crippen molar-refractivity contribution in [3.05, 3.63) is 35.9 Å². The van der Waals surface area contributed by atoms with Crippen molar-refractivity contribution in [1.29, 1.82) is 0 Å². The molecule has 0 radical (unpaired) electrons. The zero-order valence-electron chi connectivity index (χ0n) is 17.2. The second kappa shape index (κ2) is 7.88. The number of nitrogens with one attached hydrogen (secondary N) is 1. The molecule has 4 fully saturated rings. The van der Waals surface area contributed by atoms with Gasteiger partial charge in [0.1, 0.15) is 0 Å². The van der Waals surface area contributed by atoms with Crippen LogP contribution in [-0.2, 0) is 14.3 Å². The minimum atomic E-state index is -0.321. The number of esters is 1. The third-order valence-electron chi connectivity index (χ3n) is 7.41. The average molecular weight is 384 g/mol. The molecule has 5 rings (SSSR count). The fourth-order valence-corrected chi connectivity index (χ4v) is 6.42. The van der Waals surface area contributed by atoms with E-state index in [9.17, 15) is 9.59 Å². The lowest BCUT2D eigenvalue weighted by molar-refractivity contribution is -0.152. The Labute approximate surface area is 168 Å². The molecule has 1 N–H and O–H groups in total. The van der Waals surface area contributed by atoms with Gasteiger partial charge >= 0.3 is 5.97 Å². The highest BCUT2D eigenvalue weighted by molar-refractivity contribution is 5.84. The zero-order valence-corrected chi connectivity index (χ0v) is 17.2. The number of hydrogen-bond acceptors (Lipinski definition) is 3. The summed E-state index contributed by atoms with van der Waals surface area (Å²) in [5.74, 6) is 1.76. The number of amides is 1. The Balaban J connectivity index is 1.35. The van der Waals surface area contributed by atoms with Gasteiger partial charge in [0.05, 0.1) is 5.92 Å². The third-order valence-corrected chi connectivity index (χ3v) is 7.41. The van der Waals surface area contributed by atoms with E-state index in [0.29, 0.717) is 0 Å². The van der Waals surface area contributed by atoms with Gasteiger partial charge in [0.15, 0.2) is 6.61 Å². The van der Waals surface area contributed by atoms with Crippen molar-refractivity contribution in [1.82, 2.24) is 5.32 Å². The molecule has 4 nitrogen and oxygen atoms in total. The number of carbonyl (C=O) groups excluding carboxylic acids is 2. The van der Waals surface area contributed by atoms with E-state index in [1.807, 2.05) is 30.3 Å². The van der Waals surface area contributed by atoms with Crippen molar-refractivity contribution < 1.29 is 14.3 Å². The first-order chi connectivity index (χ1) is 13.5. The van der Waals surface area contributed by atoms with Crippen molar-refractivity contribution in [3.63, 3.8) is 0 Å². The largest absolute Gasteiger partial charge is 0.455 e. The summed E-state index contributed by atoms with van der Waals surface area (Å²) in [6.45, 7) is 3.97. The zero-order chi connectivity index (χ0) is 19.7. The van der Waals surface area contributed by atoms with Crippen LogP contribution in [0.2, 0.25) is 0 Å². The van der Waals surface area contributed by atoms with Crippen molar-refractivity contribution in [2.75, 3.05) is 6.61 Å². The van der Waals surface area contributed by atoms with Gasteiger partial charge in [-0.2, -0.15) is 0 Å². The molecule has 1 aromatic carbocycles. The number of carbonyl (C=O) groups is 2. The molecule has 0 heterocycles. The molecule has 4 bridgehead atoms. The van der Waals surface area contributed by atoms with Crippen LogP contribution in [0.25, 0.3) is 0 Å². The van der Waals surface area contributed by atoms with Gasteiger partial charge in [0, 0.05) is 5.54 Å². The van der Waals surface area contributed by atoms with Crippen LogP contribution in [0.4, 0.5) is 0 Å². The summed E-state index contributed by atoms with van der Waals surface area (Å²) in [6.07, 6.45) is 8.25. The Morgan fingerprint density at radius 3 is 2.18 bits per heavy atom. The Morgan fingerprint density at radius 2 is 1.64 bits per heavy atom. The molecular weight excluding hydrogens is 350 g/mol. The first-order valence-electron chi connectivity index (χ1n) is 11.0. The van der Waals surface area contributed by atoms with Gasteiger partial charge in [-0.25, -0.2) is 0 Å². The van der Waals surface area contributed by atoms with Crippen LogP contribution in [0.3, 0.4) is 0 Å². The summed E-state index contributed by atoms with van der Waals surface area (Å²) in [5, 5.41) is 3.29. The van der Waals surface area contributed by atoms with Gasteiger partial charge < -0.3 is 10.1 Å². The summed E-state index contributed by atoms with van der Waals surface area (Å²) in [4.78, 5) is 25.5. The second-order valence-corrected chi connectivity index (χ2v) is 9.63. The number of benzene rings is 1. The molecule has 1 amide bonds. The highest BCUT2D eigenvalue weighted by Crippen LogP contribution is 2.55. The van der Waals surface area contributed by atoms with Crippen LogP contribution in [0.5, 0.6) is 0 Å². The average Bonchev–Trinajstić information content (AvgIpc) is 2.66. The predicted molar refractivity (Wildman–Crippen MR) is 109 cm³/mol. The van der Waals surface area contributed by atoms with Gasteiger partial charge in [-0.1, -0.05) is 50.6 Å². The molecule has 4 aliphatic carbocycles. The van der Waals surface area contributed by atoms with Crippen molar-refractivity contribution >= 4 is 11.9 Å². The van der Waals surface area contributed by atoms with E-state index in [4.69, 9.17) is 4.74 Å². The van der Waals surface area contributed by atoms with Crippen LogP contribution in [0.1, 0.15) is 70.3 Å². The van der Waals surface area contributed by atoms with E-state index in [2.05, 4.69) is 19.2 Å². The SMILES string of the molecule is CCC(C)C(C(=O)OCC(=O)NC12CC3CC(CC(C3)C1)C2)c1ccccc1. The van der Waals surface area contributed by atoms with Crippen LogP contribution >= 0.6 is 0 Å². The number of rotatable bonds is 7. The molecule has 152 valence electrons. The third kappa shape index (κ3) is 3.97. The van der Waals surface area contributed by atoms with Gasteiger partial charge in [-0.15, -0.1) is 0 Å². The number of ether oxygens (including phenoxy) is 1. The highest BCUT2D eigenvalue weighted by atomic mass is 16.5. The molecule has 2 unspecified atom stereocenters. The minimum absolute atomic E-state index is 0.0339. The normalized spacial score (nSPS) is 32.6. The molecule has 2 atom stereocenters. The lowest BCUT2D eigenvalue weighted by Crippen LogP contribution is -2.60. The maximum absolute atomic E-state index is 12.8. The Morgan fingerprint density at radius 1 is 1.07 bits per heavy atom. The minimum Gasteiger partial charge on any atom is -0.455 e. The van der Waals surface area contributed by atoms with E-state index in [1.165, 1.54) is 19.3 Å². The van der Waals surface area contributed by atoms with Crippen molar-refractivity contribution in [2.45, 2.75) is 70.3 Å². The topological polar surface area (TPSA) is 55.4 Å². The van der Waals surface area contributed by atoms with Crippen molar-refractivity contribution in [3.8, 4) is 0 Å². The van der Waals surface area contributed by atoms with E-state index in [1.54, 1.807) is 0 Å². The monoisotopic (exact) mass is 383 g/mol. The smallest absolute Gasteiger partial charge is 0.314 e. The first-order valence-corrected chi connectivity index (χ1v) is 11.0. The Kier molecular flexibility index (Phi) is 5.48. The van der Waals surface area contributed by atoms with E-state index >= 15 is 0 Å².